The largest absolute Gasteiger partial charge is 0.344 e. The van der Waals surface area contributed by atoms with Crippen molar-refractivity contribution >= 4 is 21.8 Å². The Morgan fingerprint density at radius 2 is 1.85 bits per heavy atom. The van der Waals surface area contributed by atoms with E-state index in [-0.39, 0.29) is 11.7 Å². The summed E-state index contributed by atoms with van der Waals surface area (Å²) in [6, 6.07) is 8.27. The molecule has 0 aliphatic heterocycles. The third-order valence-corrected chi connectivity index (χ3v) is 3.25. The van der Waals surface area contributed by atoms with E-state index in [4.69, 9.17) is 0 Å². The Hall–Kier alpha value is -2.15. The molecular weight excluding hydrogens is 326 g/mol. The van der Waals surface area contributed by atoms with Crippen LogP contribution in [-0.4, -0.2) is 15.9 Å². The molecule has 3 N–H and O–H groups in total. The molecule has 0 radical (unpaired) electrons. The zero-order valence-electron chi connectivity index (χ0n) is 10.6. The van der Waals surface area contributed by atoms with E-state index in [2.05, 4.69) is 26.2 Å². The quantitative estimate of drug-likeness (QED) is 0.788. The van der Waals surface area contributed by atoms with E-state index >= 15 is 0 Å². The van der Waals surface area contributed by atoms with E-state index in [9.17, 15) is 14.4 Å². The van der Waals surface area contributed by atoms with Crippen molar-refractivity contribution in [2.24, 2.45) is 0 Å². The Bertz CT molecular complexity index is 705. The number of hydrogen-bond acceptors (Lipinski definition) is 3. The summed E-state index contributed by atoms with van der Waals surface area (Å²) in [4.78, 5) is 38.5. The highest BCUT2D eigenvalue weighted by Gasteiger charge is 2.12. The van der Waals surface area contributed by atoms with E-state index in [1.807, 2.05) is 36.2 Å². The van der Waals surface area contributed by atoms with Crippen molar-refractivity contribution in [3.63, 3.8) is 0 Å². The van der Waals surface area contributed by atoms with Crippen molar-refractivity contribution in [3.05, 3.63) is 66.9 Å². The first kappa shape index (κ1) is 14.3. The Balaban J connectivity index is 2.16. The standard InChI is InChI=1S/C13H12BrN3O3/c1-7(8-2-4-9(14)5-3-8)15-12(19)10-6-11(18)17-13(20)16-10/h2-7H,1H3,(H,15,19)(H2,16,17,18,20). The van der Waals surface area contributed by atoms with E-state index < -0.39 is 17.2 Å². The maximum Gasteiger partial charge on any atom is 0.326 e. The van der Waals surface area contributed by atoms with Gasteiger partial charge >= 0.3 is 5.69 Å². The monoisotopic (exact) mass is 337 g/mol. The van der Waals surface area contributed by atoms with Gasteiger partial charge in [0.1, 0.15) is 5.69 Å². The minimum atomic E-state index is -0.709. The minimum Gasteiger partial charge on any atom is -0.344 e. The number of carbonyl (C=O) groups excluding carboxylic acids is 1. The molecule has 2 aromatic rings. The molecule has 20 heavy (non-hydrogen) atoms. The van der Waals surface area contributed by atoms with Crippen LogP contribution in [0.15, 0.2) is 44.4 Å². The summed E-state index contributed by atoms with van der Waals surface area (Å²) in [5, 5.41) is 2.71. The zero-order chi connectivity index (χ0) is 14.7. The van der Waals surface area contributed by atoms with Gasteiger partial charge in [0.2, 0.25) is 0 Å². The Kier molecular flexibility index (Phi) is 4.19. The Morgan fingerprint density at radius 1 is 1.20 bits per heavy atom. The molecule has 1 heterocycles. The highest BCUT2D eigenvalue weighted by Crippen LogP contribution is 2.16. The Morgan fingerprint density at radius 3 is 2.45 bits per heavy atom. The SMILES string of the molecule is CC(NC(=O)c1cc(=O)[nH]c(=O)[nH]1)c1ccc(Br)cc1. The normalized spacial score (nSPS) is 11.9. The number of carbonyl (C=O) groups is 1. The van der Waals surface area contributed by atoms with Crippen LogP contribution in [0.1, 0.15) is 29.0 Å². The molecule has 0 fully saturated rings. The van der Waals surface area contributed by atoms with Crippen LogP contribution in [0.2, 0.25) is 0 Å². The summed E-state index contributed by atoms with van der Waals surface area (Å²) in [5.41, 5.74) is -0.481. The first-order chi connectivity index (χ1) is 9.45. The molecular formula is C13H12BrN3O3. The molecule has 0 saturated carbocycles. The molecule has 1 unspecified atom stereocenters. The maximum atomic E-state index is 12.0. The van der Waals surface area contributed by atoms with Gasteiger partial charge in [0.05, 0.1) is 6.04 Å². The summed E-state index contributed by atoms with van der Waals surface area (Å²) in [6.07, 6.45) is 0. The first-order valence-corrected chi connectivity index (χ1v) is 6.65. The number of H-pyrrole nitrogens is 2. The summed E-state index contributed by atoms with van der Waals surface area (Å²) in [6.45, 7) is 1.81. The van der Waals surface area contributed by atoms with Crippen molar-refractivity contribution in [1.29, 1.82) is 0 Å². The van der Waals surface area contributed by atoms with Gasteiger partial charge in [-0.1, -0.05) is 28.1 Å². The van der Waals surface area contributed by atoms with Crippen LogP contribution in [0, 0.1) is 0 Å². The molecule has 7 heteroatoms. The number of hydrogen-bond donors (Lipinski definition) is 3. The van der Waals surface area contributed by atoms with Crippen LogP contribution in [0.5, 0.6) is 0 Å². The number of benzene rings is 1. The molecule has 1 amide bonds. The van der Waals surface area contributed by atoms with Gasteiger partial charge in [-0.3, -0.25) is 14.6 Å². The van der Waals surface area contributed by atoms with Gasteiger partial charge in [-0.2, -0.15) is 0 Å². The average molecular weight is 338 g/mol. The van der Waals surface area contributed by atoms with E-state index in [0.717, 1.165) is 16.1 Å². The zero-order valence-corrected chi connectivity index (χ0v) is 12.2. The van der Waals surface area contributed by atoms with Crippen LogP contribution in [-0.2, 0) is 0 Å². The van der Waals surface area contributed by atoms with Gasteiger partial charge in [-0.25, -0.2) is 4.79 Å². The number of nitrogens with one attached hydrogen (secondary N) is 3. The number of halogens is 1. The number of amides is 1. The predicted octanol–water partition coefficient (Wildman–Crippen LogP) is 1.32. The lowest BCUT2D eigenvalue weighted by Gasteiger charge is -2.14. The molecule has 1 aromatic heterocycles. The fourth-order valence-electron chi connectivity index (χ4n) is 1.70. The molecule has 0 bridgehead atoms. The molecule has 6 nitrogen and oxygen atoms in total. The van der Waals surface area contributed by atoms with Gasteiger partial charge in [0.25, 0.3) is 11.5 Å². The number of aromatic amines is 2. The van der Waals surface area contributed by atoms with Crippen LogP contribution in [0.3, 0.4) is 0 Å². The second-order valence-corrected chi connectivity index (χ2v) is 5.16. The van der Waals surface area contributed by atoms with Gasteiger partial charge in [-0.05, 0) is 24.6 Å². The molecule has 0 aliphatic carbocycles. The van der Waals surface area contributed by atoms with Crippen molar-refractivity contribution in [3.8, 4) is 0 Å². The van der Waals surface area contributed by atoms with Crippen molar-refractivity contribution in [2.75, 3.05) is 0 Å². The van der Waals surface area contributed by atoms with Gasteiger partial charge < -0.3 is 10.3 Å². The summed E-state index contributed by atoms with van der Waals surface area (Å²) < 4.78 is 0.943. The van der Waals surface area contributed by atoms with Gasteiger partial charge in [-0.15, -0.1) is 0 Å². The van der Waals surface area contributed by atoms with E-state index in [1.54, 1.807) is 0 Å². The highest BCUT2D eigenvalue weighted by molar-refractivity contribution is 9.10. The molecule has 104 valence electrons. The third kappa shape index (κ3) is 3.45. The molecule has 0 saturated heterocycles. The highest BCUT2D eigenvalue weighted by atomic mass is 79.9. The van der Waals surface area contributed by atoms with Crippen LogP contribution < -0.4 is 16.6 Å². The molecule has 1 aromatic carbocycles. The second-order valence-electron chi connectivity index (χ2n) is 4.25. The third-order valence-electron chi connectivity index (χ3n) is 2.72. The van der Waals surface area contributed by atoms with E-state index in [1.165, 1.54) is 0 Å². The van der Waals surface area contributed by atoms with Crippen molar-refractivity contribution in [2.45, 2.75) is 13.0 Å². The second kappa shape index (κ2) is 5.87. The van der Waals surface area contributed by atoms with E-state index in [0.29, 0.717) is 0 Å². The molecule has 1 atom stereocenters. The van der Waals surface area contributed by atoms with Crippen molar-refractivity contribution < 1.29 is 4.79 Å². The van der Waals surface area contributed by atoms with Crippen molar-refractivity contribution in [1.82, 2.24) is 15.3 Å². The lowest BCUT2D eigenvalue weighted by Crippen LogP contribution is -2.32. The predicted molar refractivity (Wildman–Crippen MR) is 77.7 cm³/mol. The Labute approximate surface area is 122 Å². The van der Waals surface area contributed by atoms with Gasteiger partial charge in [0, 0.05) is 10.5 Å². The fraction of sp³-hybridized carbons (Fsp3) is 0.154. The summed E-state index contributed by atoms with van der Waals surface area (Å²) in [5.74, 6) is -0.511. The van der Waals surface area contributed by atoms with Crippen LogP contribution >= 0.6 is 15.9 Å². The average Bonchev–Trinajstić information content (AvgIpc) is 2.38. The molecule has 2 rings (SSSR count). The molecule has 0 aliphatic rings. The summed E-state index contributed by atoms with van der Waals surface area (Å²) >= 11 is 3.33. The number of rotatable bonds is 3. The maximum absolute atomic E-state index is 12.0. The molecule has 0 spiro atoms. The smallest absolute Gasteiger partial charge is 0.326 e. The lowest BCUT2D eigenvalue weighted by molar-refractivity contribution is 0.0934. The lowest BCUT2D eigenvalue weighted by atomic mass is 10.1. The first-order valence-electron chi connectivity index (χ1n) is 5.85. The number of aromatic nitrogens is 2. The fourth-order valence-corrected chi connectivity index (χ4v) is 1.96. The van der Waals surface area contributed by atoms with Crippen LogP contribution in [0.4, 0.5) is 0 Å². The van der Waals surface area contributed by atoms with Crippen LogP contribution in [0.25, 0.3) is 0 Å². The van der Waals surface area contributed by atoms with Gasteiger partial charge in [0.15, 0.2) is 0 Å². The topological polar surface area (TPSA) is 94.8 Å². The minimum absolute atomic E-state index is 0.0669. The summed E-state index contributed by atoms with van der Waals surface area (Å²) in [7, 11) is 0.